The molecule has 0 radical (unpaired) electrons. The predicted octanol–water partition coefficient (Wildman–Crippen LogP) is 4.53. The summed E-state index contributed by atoms with van der Waals surface area (Å²) in [5, 5.41) is 9.75. The zero-order chi connectivity index (χ0) is 24.9. The fraction of sp³-hybridized carbons (Fsp3) is 0.517. The molecular weight excluding hydrogens is 462 g/mol. The normalized spacial score (nSPS) is 26.4. The molecule has 0 N–H and O–H groups in total. The van der Waals surface area contributed by atoms with Gasteiger partial charge in [0.1, 0.15) is 5.52 Å². The second-order valence-electron chi connectivity index (χ2n) is 11.0. The van der Waals surface area contributed by atoms with Gasteiger partial charge in [0.25, 0.3) is 0 Å². The Balaban J connectivity index is 1.16. The summed E-state index contributed by atoms with van der Waals surface area (Å²) in [5.41, 5.74) is 6.38. The molecule has 0 amide bonds. The molecule has 3 unspecified atom stereocenters. The Kier molecular flexibility index (Phi) is 5.81. The van der Waals surface area contributed by atoms with Gasteiger partial charge in [-0.2, -0.15) is 10.2 Å². The van der Waals surface area contributed by atoms with Gasteiger partial charge in [0.15, 0.2) is 0 Å². The Bertz CT molecular complexity index is 1380. The molecule has 192 valence electrons. The van der Waals surface area contributed by atoms with E-state index in [2.05, 4.69) is 45.6 Å². The van der Waals surface area contributed by atoms with Crippen LogP contribution in [0, 0.1) is 11.8 Å². The second-order valence-corrected chi connectivity index (χ2v) is 11.0. The zero-order valence-corrected chi connectivity index (χ0v) is 21.7. The lowest BCUT2D eigenvalue weighted by molar-refractivity contribution is 0.0151. The number of rotatable bonds is 7. The number of pyridine rings is 2. The fourth-order valence-electron chi connectivity index (χ4n) is 6.68. The lowest BCUT2D eigenvalue weighted by Crippen LogP contribution is -2.43. The van der Waals surface area contributed by atoms with Crippen LogP contribution in [0.2, 0.25) is 0 Å². The maximum Gasteiger partial charge on any atom is 0.108 e. The minimum absolute atomic E-state index is 0.381. The highest BCUT2D eigenvalue weighted by molar-refractivity contribution is 5.79. The van der Waals surface area contributed by atoms with Crippen molar-refractivity contribution in [3.8, 4) is 11.3 Å². The molecule has 2 aliphatic carbocycles. The van der Waals surface area contributed by atoms with Gasteiger partial charge in [-0.1, -0.05) is 13.0 Å². The first-order valence-corrected chi connectivity index (χ1v) is 13.8. The SMILES string of the molecule is CCC(C)n1nc(-c2cnc3cnn(Cc4ccccn4)c3c2)cc1C1C2CC(N3CCOCC3)CC21. The summed E-state index contributed by atoms with van der Waals surface area (Å²) < 4.78 is 9.88. The lowest BCUT2D eigenvalue weighted by atomic mass is 10.0. The molecule has 0 spiro atoms. The van der Waals surface area contributed by atoms with Crippen LogP contribution in [0.1, 0.15) is 56.5 Å². The van der Waals surface area contributed by atoms with Crippen LogP contribution >= 0.6 is 0 Å². The topological polar surface area (TPSA) is 73.9 Å². The molecule has 7 rings (SSSR count). The van der Waals surface area contributed by atoms with E-state index in [1.54, 1.807) is 0 Å². The van der Waals surface area contributed by atoms with Gasteiger partial charge < -0.3 is 4.74 Å². The first kappa shape index (κ1) is 23.0. The van der Waals surface area contributed by atoms with Crippen LogP contribution in [0.25, 0.3) is 22.3 Å². The lowest BCUT2D eigenvalue weighted by Gasteiger charge is -2.33. The van der Waals surface area contributed by atoms with E-state index in [-0.39, 0.29) is 0 Å². The van der Waals surface area contributed by atoms with Crippen molar-refractivity contribution in [2.24, 2.45) is 11.8 Å². The van der Waals surface area contributed by atoms with Crippen molar-refractivity contribution in [2.45, 2.75) is 57.7 Å². The molecule has 3 atom stereocenters. The van der Waals surface area contributed by atoms with Crippen LogP contribution in [0.3, 0.4) is 0 Å². The summed E-state index contributed by atoms with van der Waals surface area (Å²) in [7, 11) is 0. The van der Waals surface area contributed by atoms with Crippen LogP contribution < -0.4 is 0 Å². The number of nitrogens with zero attached hydrogens (tertiary/aromatic N) is 7. The van der Waals surface area contributed by atoms with E-state index in [4.69, 9.17) is 14.8 Å². The van der Waals surface area contributed by atoms with Gasteiger partial charge in [-0.15, -0.1) is 0 Å². The molecule has 5 heterocycles. The molecule has 1 saturated heterocycles. The molecule has 1 aliphatic heterocycles. The van der Waals surface area contributed by atoms with Gasteiger partial charge in [0.05, 0.1) is 42.9 Å². The molecule has 37 heavy (non-hydrogen) atoms. The van der Waals surface area contributed by atoms with Crippen LogP contribution in [0.5, 0.6) is 0 Å². The highest BCUT2D eigenvalue weighted by Crippen LogP contribution is 2.64. The average Bonchev–Trinajstić information content (AvgIpc) is 3.35. The average molecular weight is 498 g/mol. The summed E-state index contributed by atoms with van der Waals surface area (Å²) in [4.78, 5) is 11.9. The van der Waals surface area contributed by atoms with Gasteiger partial charge in [0.2, 0.25) is 0 Å². The molecule has 0 bridgehead atoms. The van der Waals surface area contributed by atoms with Crippen LogP contribution in [0.4, 0.5) is 0 Å². The Morgan fingerprint density at radius 2 is 1.89 bits per heavy atom. The Morgan fingerprint density at radius 3 is 2.65 bits per heavy atom. The molecule has 3 fully saturated rings. The summed E-state index contributed by atoms with van der Waals surface area (Å²) >= 11 is 0. The van der Waals surface area contributed by atoms with Gasteiger partial charge in [0, 0.05) is 54.7 Å². The van der Waals surface area contributed by atoms with E-state index in [9.17, 15) is 0 Å². The second kappa shape index (κ2) is 9.33. The molecule has 8 nitrogen and oxygen atoms in total. The summed E-state index contributed by atoms with van der Waals surface area (Å²) in [6.45, 7) is 9.13. The number of aromatic nitrogens is 6. The van der Waals surface area contributed by atoms with Crippen molar-refractivity contribution in [1.82, 2.24) is 34.4 Å². The highest BCUT2D eigenvalue weighted by Gasteiger charge is 2.58. The van der Waals surface area contributed by atoms with Crippen LogP contribution in [0.15, 0.2) is 48.9 Å². The van der Waals surface area contributed by atoms with E-state index < -0.39 is 0 Å². The predicted molar refractivity (Wildman–Crippen MR) is 142 cm³/mol. The van der Waals surface area contributed by atoms with Crippen LogP contribution in [-0.4, -0.2) is 66.8 Å². The van der Waals surface area contributed by atoms with Crippen molar-refractivity contribution < 1.29 is 4.74 Å². The number of fused-ring (bicyclic) bond motifs is 2. The standard InChI is InChI=1S/C29H35N7O/c1-3-19(2)36-28(29-23-13-22(14-24(23)29)34-8-10-37-11-9-34)15-25(33-36)20-12-27-26(31-16-20)17-32-35(27)18-21-6-4-5-7-30-21/h4-7,12,15-17,19,22-24,29H,3,8-11,13-14,18H2,1-2H3. The van der Waals surface area contributed by atoms with Crippen molar-refractivity contribution in [1.29, 1.82) is 0 Å². The first-order chi connectivity index (χ1) is 18.2. The van der Waals surface area contributed by atoms with E-state index in [1.165, 1.54) is 18.5 Å². The van der Waals surface area contributed by atoms with Crippen molar-refractivity contribution in [2.75, 3.05) is 26.3 Å². The summed E-state index contributed by atoms with van der Waals surface area (Å²) in [5.74, 6) is 2.22. The number of morpholine rings is 1. The fourth-order valence-corrected chi connectivity index (χ4v) is 6.68. The number of ether oxygens (including phenoxy) is 1. The maximum atomic E-state index is 5.58. The van der Waals surface area contributed by atoms with Gasteiger partial charge in [-0.05, 0) is 62.3 Å². The quantitative estimate of drug-likeness (QED) is 0.373. The van der Waals surface area contributed by atoms with Crippen LogP contribution in [-0.2, 0) is 11.3 Å². The van der Waals surface area contributed by atoms with E-state index >= 15 is 0 Å². The van der Waals surface area contributed by atoms with Crippen molar-refractivity contribution in [3.05, 3.63) is 60.3 Å². The third-order valence-corrected chi connectivity index (χ3v) is 8.93. The van der Waals surface area contributed by atoms with E-state index in [1.807, 2.05) is 41.5 Å². The molecule has 4 aromatic heterocycles. The molecule has 4 aromatic rings. The minimum Gasteiger partial charge on any atom is -0.379 e. The third-order valence-electron chi connectivity index (χ3n) is 8.93. The molecule has 2 saturated carbocycles. The Hall–Kier alpha value is -3.10. The summed E-state index contributed by atoms with van der Waals surface area (Å²) in [6.07, 6.45) is 9.31. The monoisotopic (exact) mass is 497 g/mol. The van der Waals surface area contributed by atoms with Crippen molar-refractivity contribution in [3.63, 3.8) is 0 Å². The number of hydrogen-bond acceptors (Lipinski definition) is 6. The Morgan fingerprint density at radius 1 is 1.05 bits per heavy atom. The minimum atomic E-state index is 0.381. The van der Waals surface area contributed by atoms with Gasteiger partial charge >= 0.3 is 0 Å². The maximum absolute atomic E-state index is 5.58. The smallest absolute Gasteiger partial charge is 0.108 e. The van der Waals surface area contributed by atoms with E-state index in [0.717, 1.165) is 78.6 Å². The van der Waals surface area contributed by atoms with E-state index in [0.29, 0.717) is 18.5 Å². The zero-order valence-electron chi connectivity index (χ0n) is 21.7. The van der Waals surface area contributed by atoms with Crippen molar-refractivity contribution >= 4 is 11.0 Å². The molecule has 3 aliphatic rings. The third kappa shape index (κ3) is 4.16. The molecule has 0 aromatic carbocycles. The largest absolute Gasteiger partial charge is 0.379 e. The summed E-state index contributed by atoms with van der Waals surface area (Å²) in [6, 6.07) is 11.6. The molecule has 8 heteroatoms. The first-order valence-electron chi connectivity index (χ1n) is 13.8. The number of hydrogen-bond donors (Lipinski definition) is 0. The van der Waals surface area contributed by atoms with Gasteiger partial charge in [-0.3, -0.25) is 24.2 Å². The highest BCUT2D eigenvalue weighted by atomic mass is 16.5. The van der Waals surface area contributed by atoms with Gasteiger partial charge in [-0.25, -0.2) is 0 Å². The Labute approximate surface area is 217 Å². The molecular formula is C29H35N7O.